The number of anilines is 1. The van der Waals surface area contributed by atoms with Crippen LogP contribution in [0.3, 0.4) is 0 Å². The number of rotatable bonds is 5. The molecule has 0 spiro atoms. The SMILES string of the molecule is O=S(=O)(Nc1ccn(Cc2cccc3ccccc23)n1)c1cccs1. The van der Waals surface area contributed by atoms with Crippen molar-refractivity contribution in [3.63, 3.8) is 0 Å². The maximum atomic E-state index is 12.3. The number of hydrogen-bond acceptors (Lipinski definition) is 4. The van der Waals surface area contributed by atoms with Crippen LogP contribution in [-0.4, -0.2) is 18.2 Å². The molecule has 126 valence electrons. The van der Waals surface area contributed by atoms with E-state index in [-0.39, 0.29) is 4.21 Å². The maximum absolute atomic E-state index is 12.3. The fraction of sp³-hybridized carbons (Fsp3) is 0.0556. The lowest BCUT2D eigenvalue weighted by atomic mass is 10.0. The van der Waals surface area contributed by atoms with Crippen molar-refractivity contribution in [2.75, 3.05) is 4.72 Å². The number of hydrogen-bond donors (Lipinski definition) is 1. The summed E-state index contributed by atoms with van der Waals surface area (Å²) < 4.78 is 29.0. The zero-order chi connectivity index (χ0) is 17.3. The first kappa shape index (κ1) is 15.9. The Balaban J connectivity index is 1.57. The summed E-state index contributed by atoms with van der Waals surface area (Å²) in [5, 5.41) is 8.41. The van der Waals surface area contributed by atoms with Crippen molar-refractivity contribution in [2.24, 2.45) is 0 Å². The van der Waals surface area contributed by atoms with Crippen LogP contribution in [-0.2, 0) is 16.6 Å². The molecule has 0 amide bonds. The van der Waals surface area contributed by atoms with Crippen LogP contribution in [0.15, 0.2) is 76.4 Å². The third kappa shape index (κ3) is 3.29. The van der Waals surface area contributed by atoms with E-state index < -0.39 is 10.0 Å². The quantitative estimate of drug-likeness (QED) is 0.579. The molecule has 0 saturated heterocycles. The van der Waals surface area contributed by atoms with Crippen molar-refractivity contribution in [1.82, 2.24) is 9.78 Å². The second-order valence-corrected chi connectivity index (χ2v) is 8.43. The summed E-state index contributed by atoms with van der Waals surface area (Å²) in [5.74, 6) is 0.314. The molecule has 4 rings (SSSR count). The first-order valence-electron chi connectivity index (χ1n) is 7.68. The van der Waals surface area contributed by atoms with Gasteiger partial charge in [-0.05, 0) is 27.8 Å². The molecule has 0 aliphatic rings. The van der Waals surface area contributed by atoms with Crippen LogP contribution in [0.5, 0.6) is 0 Å². The minimum Gasteiger partial charge on any atom is -0.266 e. The Labute approximate surface area is 149 Å². The molecule has 0 saturated carbocycles. The van der Waals surface area contributed by atoms with Crippen molar-refractivity contribution in [1.29, 1.82) is 0 Å². The van der Waals surface area contributed by atoms with Gasteiger partial charge in [-0.1, -0.05) is 48.5 Å². The van der Waals surface area contributed by atoms with E-state index in [1.807, 2.05) is 18.2 Å². The van der Waals surface area contributed by atoms with Gasteiger partial charge in [-0.15, -0.1) is 11.3 Å². The Kier molecular flexibility index (Phi) is 4.03. The van der Waals surface area contributed by atoms with Crippen LogP contribution in [0, 0.1) is 0 Å². The van der Waals surface area contributed by atoms with Gasteiger partial charge in [-0.2, -0.15) is 5.10 Å². The molecule has 2 aromatic carbocycles. The molecule has 0 aliphatic heterocycles. The second kappa shape index (κ2) is 6.34. The summed E-state index contributed by atoms with van der Waals surface area (Å²) in [7, 11) is -3.57. The highest BCUT2D eigenvalue weighted by Crippen LogP contribution is 2.21. The normalized spacial score (nSPS) is 11.7. The molecule has 0 unspecified atom stereocenters. The topological polar surface area (TPSA) is 64.0 Å². The molecule has 1 N–H and O–H groups in total. The molecule has 2 heterocycles. The number of thiophene rings is 1. The van der Waals surface area contributed by atoms with E-state index in [2.05, 4.69) is 34.1 Å². The number of aromatic nitrogens is 2. The summed E-state index contributed by atoms with van der Waals surface area (Å²) in [6.45, 7) is 0.572. The molecular formula is C18H15N3O2S2. The summed E-state index contributed by atoms with van der Waals surface area (Å²) in [6, 6.07) is 19.3. The number of nitrogens with zero attached hydrogens (tertiary/aromatic N) is 2. The Morgan fingerprint density at radius 2 is 1.84 bits per heavy atom. The zero-order valence-electron chi connectivity index (χ0n) is 13.2. The minimum absolute atomic E-state index is 0.274. The van der Waals surface area contributed by atoms with Crippen LogP contribution in [0.4, 0.5) is 5.82 Å². The molecule has 5 nitrogen and oxygen atoms in total. The van der Waals surface area contributed by atoms with Gasteiger partial charge in [0.25, 0.3) is 10.0 Å². The predicted molar refractivity (Wildman–Crippen MR) is 100 cm³/mol. The Morgan fingerprint density at radius 3 is 2.68 bits per heavy atom. The third-order valence-electron chi connectivity index (χ3n) is 3.85. The Hall–Kier alpha value is -2.64. The van der Waals surface area contributed by atoms with Crippen molar-refractivity contribution in [3.8, 4) is 0 Å². The van der Waals surface area contributed by atoms with E-state index in [1.54, 1.807) is 34.5 Å². The highest BCUT2D eigenvalue weighted by molar-refractivity contribution is 7.94. The molecule has 0 radical (unpaired) electrons. The van der Waals surface area contributed by atoms with Crippen LogP contribution in [0.1, 0.15) is 5.56 Å². The minimum atomic E-state index is -3.57. The lowest BCUT2D eigenvalue weighted by molar-refractivity contribution is 0.602. The number of fused-ring (bicyclic) bond motifs is 1. The Morgan fingerprint density at radius 1 is 1.00 bits per heavy atom. The molecule has 4 aromatic rings. The van der Waals surface area contributed by atoms with Crippen LogP contribution < -0.4 is 4.72 Å². The average Bonchev–Trinajstić information content (AvgIpc) is 3.27. The molecule has 25 heavy (non-hydrogen) atoms. The molecule has 0 fully saturated rings. The Bertz CT molecular complexity index is 1110. The summed E-state index contributed by atoms with van der Waals surface area (Å²) in [5.41, 5.74) is 1.13. The van der Waals surface area contributed by atoms with E-state index in [9.17, 15) is 8.42 Å². The van der Waals surface area contributed by atoms with E-state index in [0.29, 0.717) is 12.4 Å². The molecule has 0 aliphatic carbocycles. The van der Waals surface area contributed by atoms with E-state index in [0.717, 1.165) is 5.56 Å². The second-order valence-electron chi connectivity index (χ2n) is 5.57. The van der Waals surface area contributed by atoms with E-state index >= 15 is 0 Å². The van der Waals surface area contributed by atoms with Crippen molar-refractivity contribution >= 4 is 38.0 Å². The fourth-order valence-electron chi connectivity index (χ4n) is 2.71. The van der Waals surface area contributed by atoms with Gasteiger partial charge in [0.1, 0.15) is 4.21 Å². The summed E-state index contributed by atoms with van der Waals surface area (Å²) in [4.78, 5) is 0. The van der Waals surface area contributed by atoms with Gasteiger partial charge in [0.05, 0.1) is 6.54 Å². The largest absolute Gasteiger partial charge is 0.272 e. The third-order valence-corrected chi connectivity index (χ3v) is 6.60. The highest BCUT2D eigenvalue weighted by atomic mass is 32.2. The van der Waals surface area contributed by atoms with Gasteiger partial charge < -0.3 is 0 Å². The monoisotopic (exact) mass is 369 g/mol. The number of benzene rings is 2. The molecule has 0 bridgehead atoms. The standard InChI is InChI=1S/C18H15N3O2S2/c22-25(23,18-9-4-12-24-18)20-17-10-11-21(19-17)13-15-7-3-6-14-5-1-2-8-16(14)15/h1-12H,13H2,(H,19,20). The highest BCUT2D eigenvalue weighted by Gasteiger charge is 2.16. The first-order chi connectivity index (χ1) is 12.1. The van der Waals surface area contributed by atoms with Crippen LogP contribution in [0.2, 0.25) is 0 Å². The molecule has 0 atom stereocenters. The first-order valence-corrected chi connectivity index (χ1v) is 10.0. The average molecular weight is 369 g/mol. The van der Waals surface area contributed by atoms with Gasteiger partial charge in [-0.25, -0.2) is 8.42 Å². The van der Waals surface area contributed by atoms with Gasteiger partial charge in [0.15, 0.2) is 5.82 Å². The van der Waals surface area contributed by atoms with Gasteiger partial charge >= 0.3 is 0 Å². The number of sulfonamides is 1. The van der Waals surface area contributed by atoms with Crippen LogP contribution in [0.25, 0.3) is 10.8 Å². The van der Waals surface area contributed by atoms with Crippen molar-refractivity contribution < 1.29 is 8.42 Å². The smallest absolute Gasteiger partial charge is 0.266 e. The lowest BCUT2D eigenvalue weighted by Gasteiger charge is -2.07. The maximum Gasteiger partial charge on any atom is 0.272 e. The van der Waals surface area contributed by atoms with E-state index in [1.165, 1.54) is 22.1 Å². The summed E-state index contributed by atoms with van der Waals surface area (Å²) >= 11 is 1.17. The predicted octanol–water partition coefficient (Wildman–Crippen LogP) is 3.95. The fourth-order valence-corrected chi connectivity index (χ4v) is 4.70. The lowest BCUT2D eigenvalue weighted by Crippen LogP contribution is -2.12. The van der Waals surface area contributed by atoms with Crippen LogP contribution >= 0.6 is 11.3 Å². The van der Waals surface area contributed by atoms with Crippen molar-refractivity contribution in [3.05, 3.63) is 77.8 Å². The van der Waals surface area contributed by atoms with Gasteiger partial charge in [0, 0.05) is 12.3 Å². The number of nitrogens with one attached hydrogen (secondary N) is 1. The van der Waals surface area contributed by atoms with Crippen molar-refractivity contribution in [2.45, 2.75) is 10.8 Å². The van der Waals surface area contributed by atoms with E-state index in [4.69, 9.17) is 0 Å². The molecule has 7 heteroatoms. The molecule has 2 aromatic heterocycles. The van der Waals surface area contributed by atoms with Gasteiger partial charge in [0.2, 0.25) is 0 Å². The van der Waals surface area contributed by atoms with Gasteiger partial charge in [-0.3, -0.25) is 9.40 Å². The summed E-state index contributed by atoms with van der Waals surface area (Å²) in [6.07, 6.45) is 1.77. The molecular weight excluding hydrogens is 354 g/mol. The zero-order valence-corrected chi connectivity index (χ0v) is 14.8.